The lowest BCUT2D eigenvalue weighted by molar-refractivity contribution is 0.0698. The average Bonchev–Trinajstić information content (AvgIpc) is 2.65. The molecule has 0 unspecified atom stereocenters. The van der Waals surface area contributed by atoms with Gasteiger partial charge in [0.25, 0.3) is 0 Å². The Morgan fingerprint density at radius 3 is 2.35 bits per heavy atom. The number of hydrogen-bond acceptors (Lipinski definition) is 5. The first-order valence-corrected chi connectivity index (χ1v) is 8.47. The number of guanidine groups is 1. The van der Waals surface area contributed by atoms with Gasteiger partial charge >= 0.3 is 0 Å². The third-order valence-electron chi connectivity index (χ3n) is 3.57. The van der Waals surface area contributed by atoms with Crippen LogP contribution in [0.2, 0.25) is 0 Å². The molecule has 0 aliphatic carbocycles. The van der Waals surface area contributed by atoms with Crippen LogP contribution < -0.4 is 20.1 Å². The summed E-state index contributed by atoms with van der Waals surface area (Å²) >= 11 is 0. The van der Waals surface area contributed by atoms with Gasteiger partial charge in [-0.25, -0.2) is 0 Å². The average molecular weight is 481 g/mol. The van der Waals surface area contributed by atoms with Crippen molar-refractivity contribution in [2.45, 2.75) is 12.8 Å². The molecule has 0 amide bonds. The molecule has 1 aromatic rings. The van der Waals surface area contributed by atoms with Gasteiger partial charge in [-0.05, 0) is 30.5 Å². The van der Waals surface area contributed by atoms with Crippen molar-refractivity contribution in [1.29, 1.82) is 0 Å². The summed E-state index contributed by atoms with van der Waals surface area (Å²) in [6.45, 7) is 3.56. The topological polar surface area (TPSA) is 73.3 Å². The number of hydrogen-bond donors (Lipinski definition) is 2. The van der Waals surface area contributed by atoms with Crippen molar-refractivity contribution in [2.24, 2.45) is 4.99 Å². The molecule has 0 saturated carbocycles. The molecule has 0 heterocycles. The first-order valence-electron chi connectivity index (χ1n) is 8.47. The number of rotatable bonds is 12. The van der Waals surface area contributed by atoms with Gasteiger partial charge in [-0.3, -0.25) is 4.99 Å². The van der Waals surface area contributed by atoms with Crippen molar-refractivity contribution >= 4 is 29.9 Å². The highest BCUT2D eigenvalue weighted by Gasteiger charge is 2.05. The van der Waals surface area contributed by atoms with Crippen LogP contribution in [0.1, 0.15) is 12.0 Å². The number of nitrogens with one attached hydrogen (secondary N) is 2. The fraction of sp³-hybridized carbons (Fsp3) is 0.611. The van der Waals surface area contributed by atoms with Gasteiger partial charge in [0.05, 0.1) is 27.4 Å². The molecule has 0 saturated heterocycles. The monoisotopic (exact) mass is 481 g/mol. The summed E-state index contributed by atoms with van der Waals surface area (Å²) in [6, 6.07) is 5.95. The zero-order chi connectivity index (χ0) is 18.3. The Morgan fingerprint density at radius 1 is 0.962 bits per heavy atom. The minimum atomic E-state index is 0. The molecule has 0 aromatic heterocycles. The molecule has 0 atom stereocenters. The van der Waals surface area contributed by atoms with E-state index in [2.05, 4.69) is 15.6 Å². The SMILES string of the molecule is CN=C(NCCCOCCOC)NCCc1ccc(OC)c(OC)c1.I. The standard InChI is InChI=1S/C18H31N3O4.HI/c1-19-18(20-9-5-11-25-13-12-22-2)21-10-8-15-6-7-16(23-3)17(14-15)24-4;/h6-7,14H,5,8-13H2,1-4H3,(H2,19,20,21);1H. The number of ether oxygens (including phenoxy) is 4. The molecule has 1 aromatic carbocycles. The zero-order valence-electron chi connectivity index (χ0n) is 16.2. The predicted octanol–water partition coefficient (Wildman–Crippen LogP) is 2.08. The molecule has 0 spiro atoms. The van der Waals surface area contributed by atoms with E-state index in [-0.39, 0.29) is 24.0 Å². The highest BCUT2D eigenvalue weighted by Crippen LogP contribution is 2.27. The van der Waals surface area contributed by atoms with Gasteiger partial charge < -0.3 is 29.6 Å². The highest BCUT2D eigenvalue weighted by atomic mass is 127. The summed E-state index contributed by atoms with van der Waals surface area (Å²) in [4.78, 5) is 4.22. The van der Waals surface area contributed by atoms with Gasteiger partial charge in [-0.1, -0.05) is 6.07 Å². The molecule has 26 heavy (non-hydrogen) atoms. The van der Waals surface area contributed by atoms with Gasteiger partial charge in [0.2, 0.25) is 0 Å². The Hall–Kier alpha value is -1.26. The van der Waals surface area contributed by atoms with E-state index in [1.54, 1.807) is 28.4 Å². The van der Waals surface area contributed by atoms with Crippen molar-refractivity contribution < 1.29 is 18.9 Å². The summed E-state index contributed by atoms with van der Waals surface area (Å²) < 4.78 is 20.9. The molecule has 0 radical (unpaired) electrons. The third kappa shape index (κ3) is 10.0. The van der Waals surface area contributed by atoms with Crippen molar-refractivity contribution in [3.05, 3.63) is 23.8 Å². The fourth-order valence-corrected chi connectivity index (χ4v) is 2.21. The van der Waals surface area contributed by atoms with E-state index in [9.17, 15) is 0 Å². The second-order valence-electron chi connectivity index (χ2n) is 5.32. The quantitative estimate of drug-likeness (QED) is 0.206. The van der Waals surface area contributed by atoms with E-state index in [0.717, 1.165) is 43.4 Å². The summed E-state index contributed by atoms with van der Waals surface area (Å²) in [6.07, 6.45) is 1.78. The normalized spacial score (nSPS) is 10.8. The molecule has 0 bridgehead atoms. The van der Waals surface area contributed by atoms with Crippen LogP contribution in [0.5, 0.6) is 11.5 Å². The zero-order valence-corrected chi connectivity index (χ0v) is 18.5. The first-order chi connectivity index (χ1) is 12.2. The second-order valence-corrected chi connectivity index (χ2v) is 5.32. The van der Waals surface area contributed by atoms with Gasteiger partial charge in [0.15, 0.2) is 17.5 Å². The van der Waals surface area contributed by atoms with Gasteiger partial charge in [-0.15, -0.1) is 24.0 Å². The molecule has 8 heteroatoms. The van der Waals surface area contributed by atoms with Crippen LogP contribution >= 0.6 is 24.0 Å². The summed E-state index contributed by atoms with van der Waals surface area (Å²) in [5, 5.41) is 6.57. The third-order valence-corrected chi connectivity index (χ3v) is 3.57. The second kappa shape index (κ2) is 16.0. The molecule has 0 fully saturated rings. The number of aliphatic imine (C=N–C) groups is 1. The Balaban J connectivity index is 0.00000625. The number of methoxy groups -OCH3 is 3. The number of halogens is 1. The van der Waals surface area contributed by atoms with Crippen LogP contribution in [-0.2, 0) is 15.9 Å². The van der Waals surface area contributed by atoms with Crippen molar-refractivity contribution in [2.75, 3.05) is 61.3 Å². The van der Waals surface area contributed by atoms with Crippen molar-refractivity contribution in [3.63, 3.8) is 0 Å². The molecule has 150 valence electrons. The maximum atomic E-state index is 5.42. The minimum absolute atomic E-state index is 0. The summed E-state index contributed by atoms with van der Waals surface area (Å²) in [5.74, 6) is 2.28. The predicted molar refractivity (Wildman–Crippen MR) is 115 cm³/mol. The maximum Gasteiger partial charge on any atom is 0.190 e. The van der Waals surface area contributed by atoms with Crippen LogP contribution in [0, 0.1) is 0 Å². The number of benzene rings is 1. The van der Waals surface area contributed by atoms with Crippen molar-refractivity contribution in [3.8, 4) is 11.5 Å². The Kier molecular flexibility index (Phi) is 15.2. The maximum absolute atomic E-state index is 5.42. The van der Waals surface area contributed by atoms with Crippen LogP contribution in [0.4, 0.5) is 0 Å². The molecule has 1 rings (SSSR count). The Morgan fingerprint density at radius 2 is 1.69 bits per heavy atom. The lowest BCUT2D eigenvalue weighted by Gasteiger charge is -2.13. The minimum Gasteiger partial charge on any atom is -0.493 e. The molecular weight excluding hydrogens is 449 g/mol. The molecule has 7 nitrogen and oxygen atoms in total. The van der Waals surface area contributed by atoms with Crippen LogP contribution in [0.3, 0.4) is 0 Å². The van der Waals surface area contributed by atoms with E-state index in [4.69, 9.17) is 18.9 Å². The van der Waals surface area contributed by atoms with E-state index < -0.39 is 0 Å². The Bertz CT molecular complexity index is 515. The van der Waals surface area contributed by atoms with Gasteiger partial charge in [0, 0.05) is 33.9 Å². The first kappa shape index (κ1) is 24.7. The van der Waals surface area contributed by atoms with E-state index in [0.29, 0.717) is 19.8 Å². The van der Waals surface area contributed by atoms with E-state index >= 15 is 0 Å². The molecular formula is C18H32IN3O4. The Labute approximate surface area is 173 Å². The van der Waals surface area contributed by atoms with Crippen molar-refractivity contribution in [1.82, 2.24) is 10.6 Å². The smallest absolute Gasteiger partial charge is 0.190 e. The largest absolute Gasteiger partial charge is 0.493 e. The molecule has 0 aliphatic rings. The highest BCUT2D eigenvalue weighted by molar-refractivity contribution is 14.0. The van der Waals surface area contributed by atoms with Gasteiger partial charge in [0.1, 0.15) is 0 Å². The lowest BCUT2D eigenvalue weighted by Crippen LogP contribution is -2.39. The fourth-order valence-electron chi connectivity index (χ4n) is 2.21. The van der Waals surface area contributed by atoms with Crippen LogP contribution in [0.25, 0.3) is 0 Å². The lowest BCUT2D eigenvalue weighted by atomic mass is 10.1. The van der Waals surface area contributed by atoms with E-state index in [1.807, 2.05) is 18.2 Å². The summed E-state index contributed by atoms with van der Waals surface area (Å²) in [5.41, 5.74) is 1.17. The van der Waals surface area contributed by atoms with Crippen LogP contribution in [-0.4, -0.2) is 67.2 Å². The molecule has 2 N–H and O–H groups in total. The number of nitrogens with zero attached hydrogens (tertiary/aromatic N) is 1. The van der Waals surface area contributed by atoms with Gasteiger partial charge in [-0.2, -0.15) is 0 Å². The van der Waals surface area contributed by atoms with E-state index in [1.165, 1.54) is 5.56 Å². The summed E-state index contributed by atoms with van der Waals surface area (Å²) in [7, 11) is 6.71. The molecule has 0 aliphatic heterocycles. The van der Waals surface area contributed by atoms with Crippen LogP contribution in [0.15, 0.2) is 23.2 Å².